The molecule has 1 amide bonds. The van der Waals surface area contributed by atoms with Crippen molar-refractivity contribution < 1.29 is 9.18 Å². The van der Waals surface area contributed by atoms with Gasteiger partial charge in [0.1, 0.15) is 17.2 Å². The number of carbonyl (C=O) groups is 1. The lowest BCUT2D eigenvalue weighted by Crippen LogP contribution is -2.28. The highest BCUT2D eigenvalue weighted by molar-refractivity contribution is 5.94. The molecule has 0 atom stereocenters. The SMILES string of the molecule is Cc1nc2ccc(F)cn2c1C(=O)N(C)Cc1ccccc1. The number of aromatic nitrogens is 2. The van der Waals surface area contributed by atoms with E-state index in [-0.39, 0.29) is 5.91 Å². The summed E-state index contributed by atoms with van der Waals surface area (Å²) in [6.45, 7) is 2.25. The fourth-order valence-corrected chi connectivity index (χ4v) is 2.50. The Bertz CT molecular complexity index is 827. The van der Waals surface area contributed by atoms with E-state index in [0.717, 1.165) is 5.56 Å². The summed E-state index contributed by atoms with van der Waals surface area (Å²) in [6.07, 6.45) is 1.29. The maximum Gasteiger partial charge on any atom is 0.272 e. The van der Waals surface area contributed by atoms with Crippen LogP contribution in [-0.2, 0) is 6.54 Å². The molecule has 0 fully saturated rings. The van der Waals surface area contributed by atoms with E-state index in [9.17, 15) is 9.18 Å². The lowest BCUT2D eigenvalue weighted by molar-refractivity contribution is 0.0777. The number of fused-ring (bicyclic) bond motifs is 1. The lowest BCUT2D eigenvalue weighted by atomic mass is 10.2. The van der Waals surface area contributed by atoms with Crippen LogP contribution in [0, 0.1) is 12.7 Å². The number of pyridine rings is 1. The molecule has 0 radical (unpaired) electrons. The van der Waals surface area contributed by atoms with E-state index in [0.29, 0.717) is 23.6 Å². The quantitative estimate of drug-likeness (QED) is 0.745. The van der Waals surface area contributed by atoms with E-state index in [2.05, 4.69) is 4.98 Å². The first-order valence-electron chi connectivity index (χ1n) is 7.00. The zero-order valence-corrected chi connectivity index (χ0v) is 12.5. The topological polar surface area (TPSA) is 37.6 Å². The number of nitrogens with zero attached hydrogens (tertiary/aromatic N) is 3. The van der Waals surface area contributed by atoms with Gasteiger partial charge in [0.05, 0.1) is 5.69 Å². The number of benzene rings is 1. The van der Waals surface area contributed by atoms with Crippen molar-refractivity contribution in [1.29, 1.82) is 0 Å². The molecule has 112 valence electrons. The second-order valence-electron chi connectivity index (χ2n) is 5.27. The van der Waals surface area contributed by atoms with Crippen molar-refractivity contribution >= 4 is 11.6 Å². The normalized spacial score (nSPS) is 10.9. The summed E-state index contributed by atoms with van der Waals surface area (Å²) >= 11 is 0. The number of aryl methyl sites for hydroxylation is 1. The van der Waals surface area contributed by atoms with Gasteiger partial charge in [-0.15, -0.1) is 0 Å². The van der Waals surface area contributed by atoms with Gasteiger partial charge in [-0.05, 0) is 24.6 Å². The smallest absolute Gasteiger partial charge is 0.272 e. The molecule has 1 aromatic carbocycles. The third kappa shape index (κ3) is 2.57. The van der Waals surface area contributed by atoms with Crippen molar-refractivity contribution in [3.63, 3.8) is 0 Å². The van der Waals surface area contributed by atoms with Crippen LogP contribution in [0.25, 0.3) is 5.65 Å². The predicted molar refractivity (Wildman–Crippen MR) is 82.1 cm³/mol. The van der Waals surface area contributed by atoms with Crippen LogP contribution >= 0.6 is 0 Å². The molecule has 0 bridgehead atoms. The Morgan fingerprint density at radius 2 is 1.95 bits per heavy atom. The standard InChI is InChI=1S/C17H16FN3O/c1-12-16(21-11-14(18)8-9-15(21)19-12)17(22)20(2)10-13-6-4-3-5-7-13/h3-9,11H,10H2,1-2H3. The molecular weight excluding hydrogens is 281 g/mol. The van der Waals surface area contributed by atoms with Crippen molar-refractivity contribution in [3.8, 4) is 0 Å². The molecule has 2 aromatic heterocycles. The van der Waals surface area contributed by atoms with Crippen LogP contribution in [0.1, 0.15) is 21.7 Å². The summed E-state index contributed by atoms with van der Waals surface area (Å²) in [7, 11) is 1.73. The fourth-order valence-electron chi connectivity index (χ4n) is 2.50. The minimum atomic E-state index is -0.398. The van der Waals surface area contributed by atoms with Crippen molar-refractivity contribution in [2.45, 2.75) is 13.5 Å². The lowest BCUT2D eigenvalue weighted by Gasteiger charge is -2.17. The van der Waals surface area contributed by atoms with Crippen LogP contribution in [0.15, 0.2) is 48.7 Å². The van der Waals surface area contributed by atoms with Crippen LogP contribution < -0.4 is 0 Å². The third-order valence-corrected chi connectivity index (χ3v) is 3.57. The molecule has 22 heavy (non-hydrogen) atoms. The van der Waals surface area contributed by atoms with Gasteiger partial charge in [0.2, 0.25) is 0 Å². The zero-order valence-electron chi connectivity index (χ0n) is 12.5. The first kappa shape index (κ1) is 14.3. The number of hydrogen-bond acceptors (Lipinski definition) is 2. The van der Waals surface area contributed by atoms with E-state index in [4.69, 9.17) is 0 Å². The first-order chi connectivity index (χ1) is 10.6. The third-order valence-electron chi connectivity index (χ3n) is 3.57. The molecule has 0 saturated heterocycles. The minimum absolute atomic E-state index is 0.181. The molecule has 0 unspecified atom stereocenters. The fraction of sp³-hybridized carbons (Fsp3) is 0.176. The predicted octanol–water partition coefficient (Wildman–Crippen LogP) is 3.05. The number of rotatable bonds is 3. The molecule has 2 heterocycles. The summed E-state index contributed by atoms with van der Waals surface area (Å²) < 4.78 is 15.0. The Labute approximate surface area is 127 Å². The van der Waals surface area contributed by atoms with Gasteiger partial charge in [-0.1, -0.05) is 30.3 Å². The van der Waals surface area contributed by atoms with Gasteiger partial charge < -0.3 is 4.90 Å². The number of hydrogen-bond donors (Lipinski definition) is 0. The van der Waals surface area contributed by atoms with Gasteiger partial charge in [-0.3, -0.25) is 9.20 Å². The van der Waals surface area contributed by atoms with Crippen LogP contribution in [0.3, 0.4) is 0 Å². The molecular formula is C17H16FN3O. The Hall–Kier alpha value is -2.69. The van der Waals surface area contributed by atoms with E-state index >= 15 is 0 Å². The maximum absolute atomic E-state index is 13.5. The largest absolute Gasteiger partial charge is 0.336 e. The molecule has 0 aliphatic rings. The number of halogens is 1. The van der Waals surface area contributed by atoms with Crippen LogP contribution in [0.2, 0.25) is 0 Å². The molecule has 4 nitrogen and oxygen atoms in total. The number of amides is 1. The molecule has 0 N–H and O–H groups in total. The first-order valence-corrected chi connectivity index (χ1v) is 7.00. The minimum Gasteiger partial charge on any atom is -0.336 e. The average Bonchev–Trinajstić information content (AvgIpc) is 2.82. The van der Waals surface area contributed by atoms with Gasteiger partial charge >= 0.3 is 0 Å². The maximum atomic E-state index is 13.5. The summed E-state index contributed by atoms with van der Waals surface area (Å²) in [5.74, 6) is -0.580. The molecule has 0 aliphatic carbocycles. The van der Waals surface area contributed by atoms with Crippen LogP contribution in [0.5, 0.6) is 0 Å². The van der Waals surface area contributed by atoms with Crippen molar-refractivity contribution in [3.05, 3.63) is 71.4 Å². The zero-order chi connectivity index (χ0) is 15.7. The highest BCUT2D eigenvalue weighted by Crippen LogP contribution is 2.16. The van der Waals surface area contributed by atoms with E-state index in [1.807, 2.05) is 30.3 Å². The molecule has 5 heteroatoms. The summed E-state index contributed by atoms with van der Waals surface area (Å²) in [6, 6.07) is 12.6. The van der Waals surface area contributed by atoms with Crippen molar-refractivity contribution in [1.82, 2.24) is 14.3 Å². The summed E-state index contributed by atoms with van der Waals surface area (Å²) in [5.41, 5.74) is 2.59. The van der Waals surface area contributed by atoms with Crippen molar-refractivity contribution in [2.24, 2.45) is 0 Å². The average molecular weight is 297 g/mol. The monoisotopic (exact) mass is 297 g/mol. The van der Waals surface area contributed by atoms with Gasteiger partial charge in [0.25, 0.3) is 5.91 Å². The Morgan fingerprint density at radius 1 is 1.23 bits per heavy atom. The Kier molecular flexibility index (Phi) is 3.63. The van der Waals surface area contributed by atoms with Gasteiger partial charge in [0.15, 0.2) is 0 Å². The Balaban J connectivity index is 1.94. The van der Waals surface area contributed by atoms with Gasteiger partial charge in [-0.25, -0.2) is 9.37 Å². The van der Waals surface area contributed by atoms with Gasteiger partial charge in [-0.2, -0.15) is 0 Å². The highest BCUT2D eigenvalue weighted by Gasteiger charge is 2.20. The van der Waals surface area contributed by atoms with Gasteiger partial charge in [0, 0.05) is 19.8 Å². The number of carbonyl (C=O) groups excluding carboxylic acids is 1. The Morgan fingerprint density at radius 3 is 2.68 bits per heavy atom. The molecule has 0 aliphatic heterocycles. The van der Waals surface area contributed by atoms with Crippen LogP contribution in [0.4, 0.5) is 4.39 Å². The second kappa shape index (κ2) is 5.60. The van der Waals surface area contributed by atoms with E-state index < -0.39 is 5.82 Å². The summed E-state index contributed by atoms with van der Waals surface area (Å²) in [4.78, 5) is 18.6. The van der Waals surface area contributed by atoms with Crippen molar-refractivity contribution in [2.75, 3.05) is 7.05 Å². The van der Waals surface area contributed by atoms with E-state index in [1.54, 1.807) is 24.9 Å². The molecule has 3 rings (SSSR count). The van der Waals surface area contributed by atoms with Crippen LogP contribution in [-0.4, -0.2) is 27.2 Å². The second-order valence-corrected chi connectivity index (χ2v) is 5.27. The molecule has 0 spiro atoms. The summed E-state index contributed by atoms with van der Waals surface area (Å²) in [5, 5.41) is 0. The highest BCUT2D eigenvalue weighted by atomic mass is 19.1. The molecule has 0 saturated carbocycles. The number of imidazole rings is 1. The molecule has 3 aromatic rings. The van der Waals surface area contributed by atoms with E-state index in [1.165, 1.54) is 16.7 Å².